The molecule has 0 bridgehead atoms. The molecule has 20 heavy (non-hydrogen) atoms. The van der Waals surface area contributed by atoms with Crippen LogP contribution in [0.1, 0.15) is 24.1 Å². The molecule has 0 spiro atoms. The molecule has 0 aliphatic carbocycles. The summed E-state index contributed by atoms with van der Waals surface area (Å²) in [5.41, 5.74) is 7.18. The second-order valence-corrected chi connectivity index (χ2v) is 5.80. The van der Waals surface area contributed by atoms with Crippen LogP contribution in [0.2, 0.25) is 5.02 Å². The molecule has 0 aliphatic heterocycles. The maximum atomic E-state index is 13.8. The average Bonchev–Trinajstić information content (AvgIpc) is 2.40. The fourth-order valence-electron chi connectivity index (χ4n) is 1.82. The Morgan fingerprint density at radius 3 is 2.80 bits per heavy atom. The lowest BCUT2D eigenvalue weighted by molar-refractivity contribution is 0.295. The van der Waals surface area contributed by atoms with Crippen LogP contribution in [0, 0.1) is 5.82 Å². The smallest absolute Gasteiger partial charge is 0.148 e. The molecule has 106 valence electrons. The van der Waals surface area contributed by atoms with Crippen molar-refractivity contribution in [3.05, 3.63) is 62.8 Å². The molecule has 2 aromatic rings. The molecule has 2 rings (SSSR count). The van der Waals surface area contributed by atoms with Crippen molar-refractivity contribution in [1.82, 2.24) is 0 Å². The average molecular weight is 359 g/mol. The van der Waals surface area contributed by atoms with Crippen molar-refractivity contribution in [3.63, 3.8) is 0 Å². The van der Waals surface area contributed by atoms with Gasteiger partial charge in [-0.2, -0.15) is 0 Å². The van der Waals surface area contributed by atoms with Gasteiger partial charge in [-0.05, 0) is 25.1 Å². The first kappa shape index (κ1) is 15.3. The number of hydrogen-bond donors (Lipinski definition) is 1. The van der Waals surface area contributed by atoms with Crippen LogP contribution >= 0.6 is 27.5 Å². The molecule has 0 aliphatic rings. The molecular weight excluding hydrogens is 345 g/mol. The van der Waals surface area contributed by atoms with Crippen LogP contribution in [-0.4, -0.2) is 0 Å². The molecule has 0 amide bonds. The Morgan fingerprint density at radius 2 is 2.10 bits per heavy atom. The summed E-state index contributed by atoms with van der Waals surface area (Å²) in [6.07, 6.45) is 0. The Hall–Kier alpha value is -1.10. The first-order valence-corrected chi connectivity index (χ1v) is 7.27. The molecule has 2 N–H and O–H groups in total. The van der Waals surface area contributed by atoms with Crippen LogP contribution in [0.4, 0.5) is 4.39 Å². The largest absolute Gasteiger partial charge is 0.488 e. The number of nitrogens with two attached hydrogens (primary N) is 1. The van der Waals surface area contributed by atoms with Gasteiger partial charge in [0.2, 0.25) is 0 Å². The van der Waals surface area contributed by atoms with E-state index in [9.17, 15) is 4.39 Å². The van der Waals surface area contributed by atoms with E-state index in [1.807, 2.05) is 25.1 Å². The Labute approximate surface area is 130 Å². The molecule has 0 fully saturated rings. The summed E-state index contributed by atoms with van der Waals surface area (Å²) < 4.78 is 20.4. The first-order chi connectivity index (χ1) is 9.49. The highest BCUT2D eigenvalue weighted by atomic mass is 79.9. The SMILES string of the molecule is C[C@H](N)c1ccc(Br)cc1OCc1cccc(Cl)c1F. The molecule has 2 nitrogen and oxygen atoms in total. The van der Waals surface area contributed by atoms with Gasteiger partial charge in [0.1, 0.15) is 18.2 Å². The molecule has 0 unspecified atom stereocenters. The molecule has 1 atom stereocenters. The van der Waals surface area contributed by atoms with E-state index in [2.05, 4.69) is 15.9 Å². The quantitative estimate of drug-likeness (QED) is 0.848. The molecule has 5 heteroatoms. The van der Waals surface area contributed by atoms with E-state index in [0.29, 0.717) is 11.3 Å². The Balaban J connectivity index is 2.22. The van der Waals surface area contributed by atoms with Crippen molar-refractivity contribution in [1.29, 1.82) is 0 Å². The van der Waals surface area contributed by atoms with Crippen LogP contribution in [0.25, 0.3) is 0 Å². The third-order valence-electron chi connectivity index (χ3n) is 2.88. The summed E-state index contributed by atoms with van der Waals surface area (Å²) in [6, 6.07) is 10.3. The molecular formula is C15H14BrClFNO. The predicted octanol–water partition coefficient (Wildman–Crippen LogP) is 4.84. The highest BCUT2D eigenvalue weighted by molar-refractivity contribution is 9.10. The summed E-state index contributed by atoms with van der Waals surface area (Å²) in [5.74, 6) is 0.181. The van der Waals surface area contributed by atoms with Crippen molar-refractivity contribution < 1.29 is 9.13 Å². The summed E-state index contributed by atoms with van der Waals surface area (Å²) >= 11 is 9.13. The summed E-state index contributed by atoms with van der Waals surface area (Å²) in [4.78, 5) is 0. The van der Waals surface area contributed by atoms with Gasteiger partial charge in [0.05, 0.1) is 5.02 Å². The summed E-state index contributed by atoms with van der Waals surface area (Å²) in [5, 5.41) is 0.0905. The van der Waals surface area contributed by atoms with Gasteiger partial charge in [-0.1, -0.05) is 45.7 Å². The Kier molecular flexibility index (Phi) is 5.02. The van der Waals surface area contributed by atoms with E-state index in [1.54, 1.807) is 12.1 Å². The van der Waals surface area contributed by atoms with Crippen molar-refractivity contribution in [2.45, 2.75) is 19.6 Å². The van der Waals surface area contributed by atoms with Crippen molar-refractivity contribution in [2.24, 2.45) is 5.73 Å². The van der Waals surface area contributed by atoms with Crippen LogP contribution in [0.3, 0.4) is 0 Å². The first-order valence-electron chi connectivity index (χ1n) is 6.09. The zero-order valence-corrected chi connectivity index (χ0v) is 13.2. The summed E-state index contributed by atoms with van der Waals surface area (Å²) in [7, 11) is 0. The number of halogens is 3. The van der Waals surface area contributed by atoms with Crippen LogP contribution in [0.15, 0.2) is 40.9 Å². The maximum absolute atomic E-state index is 13.8. The fourth-order valence-corrected chi connectivity index (χ4v) is 2.36. The second kappa shape index (κ2) is 6.57. The topological polar surface area (TPSA) is 35.2 Å². The monoisotopic (exact) mass is 357 g/mol. The zero-order valence-electron chi connectivity index (χ0n) is 10.9. The third kappa shape index (κ3) is 3.51. The number of hydrogen-bond acceptors (Lipinski definition) is 2. The van der Waals surface area contributed by atoms with Gasteiger partial charge in [-0.15, -0.1) is 0 Å². The zero-order chi connectivity index (χ0) is 14.7. The van der Waals surface area contributed by atoms with Gasteiger partial charge in [0.25, 0.3) is 0 Å². The van der Waals surface area contributed by atoms with E-state index in [0.717, 1.165) is 10.0 Å². The van der Waals surface area contributed by atoms with Gasteiger partial charge in [0, 0.05) is 21.6 Å². The van der Waals surface area contributed by atoms with E-state index in [4.69, 9.17) is 22.1 Å². The number of rotatable bonds is 4. The van der Waals surface area contributed by atoms with Gasteiger partial charge >= 0.3 is 0 Å². The van der Waals surface area contributed by atoms with E-state index < -0.39 is 5.82 Å². The van der Waals surface area contributed by atoms with Crippen LogP contribution in [0.5, 0.6) is 5.75 Å². The lowest BCUT2D eigenvalue weighted by Gasteiger charge is -2.15. The minimum absolute atomic E-state index is 0.0905. The van der Waals surface area contributed by atoms with Gasteiger partial charge < -0.3 is 10.5 Å². The summed E-state index contributed by atoms with van der Waals surface area (Å²) in [6.45, 7) is 1.97. The van der Waals surface area contributed by atoms with Crippen molar-refractivity contribution in [3.8, 4) is 5.75 Å². The van der Waals surface area contributed by atoms with Gasteiger partial charge in [-0.25, -0.2) is 4.39 Å². The minimum atomic E-state index is -0.452. The minimum Gasteiger partial charge on any atom is -0.488 e. The molecule has 0 saturated carbocycles. The van der Waals surface area contributed by atoms with Gasteiger partial charge in [-0.3, -0.25) is 0 Å². The highest BCUT2D eigenvalue weighted by Gasteiger charge is 2.11. The van der Waals surface area contributed by atoms with E-state index in [1.165, 1.54) is 6.07 Å². The third-order valence-corrected chi connectivity index (χ3v) is 3.67. The highest BCUT2D eigenvalue weighted by Crippen LogP contribution is 2.29. The lowest BCUT2D eigenvalue weighted by Crippen LogP contribution is -2.08. The number of ether oxygens (including phenoxy) is 1. The fraction of sp³-hybridized carbons (Fsp3) is 0.200. The van der Waals surface area contributed by atoms with Crippen molar-refractivity contribution in [2.75, 3.05) is 0 Å². The standard InChI is InChI=1S/C15H14BrClFNO/c1-9(19)12-6-5-11(16)7-14(12)20-8-10-3-2-4-13(17)15(10)18/h2-7,9H,8,19H2,1H3/t9-/m0/s1. The normalized spacial score (nSPS) is 12.2. The van der Waals surface area contributed by atoms with Crippen LogP contribution < -0.4 is 10.5 Å². The van der Waals surface area contributed by atoms with E-state index >= 15 is 0 Å². The second-order valence-electron chi connectivity index (χ2n) is 4.47. The maximum Gasteiger partial charge on any atom is 0.148 e. The van der Waals surface area contributed by atoms with Gasteiger partial charge in [0.15, 0.2) is 0 Å². The Bertz CT molecular complexity index is 619. The van der Waals surface area contributed by atoms with Crippen molar-refractivity contribution >= 4 is 27.5 Å². The Morgan fingerprint density at radius 1 is 1.35 bits per heavy atom. The van der Waals surface area contributed by atoms with Crippen LogP contribution in [-0.2, 0) is 6.61 Å². The molecule has 0 aromatic heterocycles. The number of benzene rings is 2. The predicted molar refractivity (Wildman–Crippen MR) is 82.5 cm³/mol. The molecule has 0 saturated heterocycles. The molecule has 2 aromatic carbocycles. The lowest BCUT2D eigenvalue weighted by atomic mass is 10.1. The van der Waals surface area contributed by atoms with E-state index in [-0.39, 0.29) is 17.7 Å². The molecule has 0 radical (unpaired) electrons. The molecule has 0 heterocycles.